The number of rotatable bonds is 3. The molecule has 2 aromatic heterocycles. The highest BCUT2D eigenvalue weighted by atomic mass is 16.5. The van der Waals surface area contributed by atoms with Gasteiger partial charge in [0.15, 0.2) is 6.73 Å². The Kier molecular flexibility index (Phi) is 3.16. The van der Waals surface area contributed by atoms with Crippen LogP contribution in [0, 0.1) is 6.92 Å². The molecule has 100 valence electrons. The fraction of sp³-hybridized carbons (Fsp3) is 0.133. The van der Waals surface area contributed by atoms with E-state index in [1.165, 1.54) is 4.68 Å². The van der Waals surface area contributed by atoms with Gasteiger partial charge in [-0.25, -0.2) is 4.98 Å². The van der Waals surface area contributed by atoms with Gasteiger partial charge in [0, 0.05) is 17.1 Å². The monoisotopic (exact) mass is 267 g/mol. The maximum atomic E-state index is 12.2. The summed E-state index contributed by atoms with van der Waals surface area (Å²) in [6.07, 6.45) is 1.66. The summed E-state index contributed by atoms with van der Waals surface area (Å²) >= 11 is 0. The molecule has 0 atom stereocenters. The molecule has 5 heteroatoms. The van der Waals surface area contributed by atoms with Crippen LogP contribution in [0.25, 0.3) is 10.8 Å². The molecule has 0 aliphatic carbocycles. The lowest BCUT2D eigenvalue weighted by Crippen LogP contribution is -2.25. The maximum Gasteiger partial charge on any atom is 0.277 e. The molecule has 0 N–H and O–H groups in total. The number of aryl methyl sites for hydroxylation is 1. The minimum absolute atomic E-state index is 0.0418. The largest absolute Gasteiger partial charge is 0.454 e. The van der Waals surface area contributed by atoms with Crippen molar-refractivity contribution >= 4 is 10.8 Å². The van der Waals surface area contributed by atoms with E-state index in [0.29, 0.717) is 11.3 Å². The molecule has 0 amide bonds. The number of hydrogen-bond acceptors (Lipinski definition) is 4. The summed E-state index contributed by atoms with van der Waals surface area (Å²) in [5.74, 6) is 0.479. The van der Waals surface area contributed by atoms with Gasteiger partial charge in [0.05, 0.1) is 11.6 Å². The smallest absolute Gasteiger partial charge is 0.277 e. The molecule has 0 radical (unpaired) electrons. The van der Waals surface area contributed by atoms with Crippen LogP contribution >= 0.6 is 0 Å². The Morgan fingerprint density at radius 2 is 2.00 bits per heavy atom. The Labute approximate surface area is 115 Å². The Morgan fingerprint density at radius 3 is 2.85 bits per heavy atom. The van der Waals surface area contributed by atoms with E-state index in [1.807, 2.05) is 37.3 Å². The number of pyridine rings is 1. The minimum atomic E-state index is -0.171. The number of aromatic nitrogens is 3. The second-order valence-corrected chi connectivity index (χ2v) is 4.43. The van der Waals surface area contributed by atoms with Crippen LogP contribution in [0.2, 0.25) is 0 Å². The van der Waals surface area contributed by atoms with Gasteiger partial charge < -0.3 is 4.74 Å². The van der Waals surface area contributed by atoms with Crippen LogP contribution in [-0.2, 0) is 6.73 Å². The van der Waals surface area contributed by atoms with Gasteiger partial charge >= 0.3 is 0 Å². The lowest BCUT2D eigenvalue weighted by Gasteiger charge is -2.08. The third-order valence-corrected chi connectivity index (χ3v) is 2.96. The van der Waals surface area contributed by atoms with Gasteiger partial charge in [0.25, 0.3) is 5.56 Å². The third kappa shape index (κ3) is 2.38. The molecule has 0 saturated heterocycles. The molecule has 0 aliphatic rings. The summed E-state index contributed by atoms with van der Waals surface area (Å²) in [4.78, 5) is 16.4. The second-order valence-electron chi connectivity index (χ2n) is 4.43. The van der Waals surface area contributed by atoms with Crippen LogP contribution in [0.4, 0.5) is 0 Å². The highest BCUT2D eigenvalue weighted by Crippen LogP contribution is 2.08. The summed E-state index contributed by atoms with van der Waals surface area (Å²) in [6.45, 7) is 1.92. The fourth-order valence-electron chi connectivity index (χ4n) is 1.95. The molecule has 0 aliphatic heterocycles. The standard InChI is InChI=1S/C15H13N3O2/c1-11-5-4-8-14(17-11)20-10-18-15(19)13-7-3-2-6-12(13)9-16-18/h2-9H,10H2,1H3. The van der Waals surface area contributed by atoms with Crippen molar-refractivity contribution in [3.05, 3.63) is 64.7 Å². The van der Waals surface area contributed by atoms with E-state index in [1.54, 1.807) is 18.3 Å². The van der Waals surface area contributed by atoms with Crippen molar-refractivity contribution in [3.63, 3.8) is 0 Å². The normalized spacial score (nSPS) is 10.7. The Bertz CT molecular complexity index is 811. The van der Waals surface area contributed by atoms with E-state index in [4.69, 9.17) is 4.74 Å². The van der Waals surface area contributed by atoms with E-state index < -0.39 is 0 Å². The molecule has 1 aromatic carbocycles. The van der Waals surface area contributed by atoms with Gasteiger partial charge in [-0.15, -0.1) is 0 Å². The highest BCUT2D eigenvalue weighted by molar-refractivity contribution is 5.80. The van der Waals surface area contributed by atoms with Crippen LogP contribution < -0.4 is 10.3 Å². The zero-order valence-electron chi connectivity index (χ0n) is 11.0. The van der Waals surface area contributed by atoms with Crippen molar-refractivity contribution in [2.75, 3.05) is 0 Å². The first-order valence-electron chi connectivity index (χ1n) is 6.25. The first-order valence-corrected chi connectivity index (χ1v) is 6.25. The molecule has 0 fully saturated rings. The predicted molar refractivity (Wildman–Crippen MR) is 75.6 cm³/mol. The summed E-state index contributed by atoms with van der Waals surface area (Å²) in [5.41, 5.74) is 0.692. The van der Waals surface area contributed by atoms with Crippen LogP contribution in [0.5, 0.6) is 5.88 Å². The Hall–Kier alpha value is -2.69. The van der Waals surface area contributed by atoms with Crippen molar-refractivity contribution in [1.29, 1.82) is 0 Å². The van der Waals surface area contributed by atoms with E-state index in [9.17, 15) is 4.79 Å². The number of benzene rings is 1. The molecule has 0 bridgehead atoms. The molecule has 20 heavy (non-hydrogen) atoms. The van der Waals surface area contributed by atoms with Gasteiger partial charge in [-0.05, 0) is 19.1 Å². The quantitative estimate of drug-likeness (QED) is 0.729. The Morgan fingerprint density at radius 1 is 1.15 bits per heavy atom. The number of fused-ring (bicyclic) bond motifs is 1. The number of ether oxygens (including phenoxy) is 1. The van der Waals surface area contributed by atoms with Crippen LogP contribution in [0.15, 0.2) is 53.5 Å². The first-order chi connectivity index (χ1) is 9.74. The van der Waals surface area contributed by atoms with Crippen molar-refractivity contribution < 1.29 is 4.74 Å². The highest BCUT2D eigenvalue weighted by Gasteiger charge is 2.04. The van der Waals surface area contributed by atoms with E-state index in [0.717, 1.165) is 11.1 Å². The molecule has 0 unspecified atom stereocenters. The van der Waals surface area contributed by atoms with Crippen molar-refractivity contribution in [3.8, 4) is 5.88 Å². The van der Waals surface area contributed by atoms with Gasteiger partial charge in [0.2, 0.25) is 5.88 Å². The average molecular weight is 267 g/mol. The molecule has 3 rings (SSSR count). The molecule has 0 spiro atoms. The van der Waals surface area contributed by atoms with Crippen molar-refractivity contribution in [1.82, 2.24) is 14.8 Å². The van der Waals surface area contributed by atoms with Crippen LogP contribution in [-0.4, -0.2) is 14.8 Å². The van der Waals surface area contributed by atoms with E-state index in [2.05, 4.69) is 10.1 Å². The summed E-state index contributed by atoms with van der Waals surface area (Å²) in [7, 11) is 0. The average Bonchev–Trinajstić information content (AvgIpc) is 2.47. The SMILES string of the molecule is Cc1cccc(OCn2ncc3ccccc3c2=O)n1. The van der Waals surface area contributed by atoms with E-state index >= 15 is 0 Å². The van der Waals surface area contributed by atoms with E-state index in [-0.39, 0.29) is 12.3 Å². The topological polar surface area (TPSA) is 57.0 Å². The lowest BCUT2D eigenvalue weighted by molar-refractivity contribution is 0.206. The molecular formula is C15H13N3O2. The Balaban J connectivity index is 1.88. The lowest BCUT2D eigenvalue weighted by atomic mass is 10.2. The van der Waals surface area contributed by atoms with Crippen molar-refractivity contribution in [2.24, 2.45) is 0 Å². The zero-order valence-corrected chi connectivity index (χ0v) is 11.0. The van der Waals surface area contributed by atoms with Crippen LogP contribution in [0.3, 0.4) is 0 Å². The predicted octanol–water partition coefficient (Wildman–Crippen LogP) is 2.14. The molecular weight excluding hydrogens is 254 g/mol. The van der Waals surface area contributed by atoms with Gasteiger partial charge in [-0.1, -0.05) is 24.3 Å². The van der Waals surface area contributed by atoms with Gasteiger partial charge in [-0.2, -0.15) is 9.78 Å². The number of hydrogen-bond donors (Lipinski definition) is 0. The van der Waals surface area contributed by atoms with Gasteiger partial charge in [-0.3, -0.25) is 4.79 Å². The molecule has 0 saturated carbocycles. The fourth-order valence-corrected chi connectivity index (χ4v) is 1.95. The maximum absolute atomic E-state index is 12.2. The molecule has 3 aromatic rings. The summed E-state index contributed by atoms with van der Waals surface area (Å²) in [5, 5.41) is 5.55. The molecule has 5 nitrogen and oxygen atoms in total. The molecule has 2 heterocycles. The van der Waals surface area contributed by atoms with Crippen LogP contribution in [0.1, 0.15) is 5.69 Å². The summed E-state index contributed by atoms with van der Waals surface area (Å²) < 4.78 is 6.78. The van der Waals surface area contributed by atoms with Crippen molar-refractivity contribution in [2.45, 2.75) is 13.7 Å². The number of nitrogens with zero attached hydrogens (tertiary/aromatic N) is 3. The summed E-state index contributed by atoms with van der Waals surface area (Å²) in [6, 6.07) is 12.8. The third-order valence-electron chi connectivity index (χ3n) is 2.96. The second kappa shape index (κ2) is 5.13. The van der Waals surface area contributed by atoms with Gasteiger partial charge in [0.1, 0.15) is 0 Å². The first kappa shape index (κ1) is 12.3. The minimum Gasteiger partial charge on any atom is -0.454 e. The zero-order chi connectivity index (χ0) is 13.9.